The van der Waals surface area contributed by atoms with Crippen molar-refractivity contribution in [3.05, 3.63) is 34.9 Å². The molecule has 0 saturated heterocycles. The molecule has 1 spiro atoms. The van der Waals surface area contributed by atoms with E-state index in [1.165, 1.54) is 24.8 Å². The van der Waals surface area contributed by atoms with E-state index in [9.17, 15) is 0 Å². The van der Waals surface area contributed by atoms with Gasteiger partial charge in [0.15, 0.2) is 0 Å². The molecule has 0 bridgehead atoms. The van der Waals surface area contributed by atoms with Crippen molar-refractivity contribution in [1.82, 2.24) is 5.32 Å². The number of fused-ring (bicyclic) bond motifs is 1. The quantitative estimate of drug-likeness (QED) is 0.634. The molecule has 0 aromatic heterocycles. The maximum atomic E-state index is 3.67. The van der Waals surface area contributed by atoms with Crippen LogP contribution in [0.5, 0.6) is 0 Å². The molecule has 0 radical (unpaired) electrons. The number of rotatable bonds is 0. The van der Waals surface area contributed by atoms with Crippen molar-refractivity contribution in [3.63, 3.8) is 0 Å². The predicted molar refractivity (Wildman–Crippen MR) is 53.7 cm³/mol. The second kappa shape index (κ2) is 2.36. The van der Waals surface area contributed by atoms with Crippen molar-refractivity contribution < 1.29 is 0 Å². The topological polar surface area (TPSA) is 12.0 Å². The van der Waals surface area contributed by atoms with E-state index < -0.39 is 0 Å². The fourth-order valence-corrected chi connectivity index (χ4v) is 2.39. The number of hydrogen-bond donors (Lipinski definition) is 1. The van der Waals surface area contributed by atoms with Gasteiger partial charge in [0.1, 0.15) is 0 Å². The summed E-state index contributed by atoms with van der Waals surface area (Å²) in [6.07, 6.45) is 4.00. The van der Waals surface area contributed by atoms with Gasteiger partial charge in [-0.25, -0.2) is 0 Å². The second-order valence-electron chi connectivity index (χ2n) is 4.52. The molecule has 1 heterocycles. The van der Waals surface area contributed by atoms with Crippen LogP contribution in [0.15, 0.2) is 18.2 Å². The highest BCUT2D eigenvalue weighted by atomic mass is 15.0. The molecule has 13 heavy (non-hydrogen) atoms. The summed E-state index contributed by atoms with van der Waals surface area (Å²) in [5.74, 6) is 0. The van der Waals surface area contributed by atoms with Crippen molar-refractivity contribution in [3.8, 4) is 0 Å². The van der Waals surface area contributed by atoms with Crippen LogP contribution in [0.1, 0.15) is 29.5 Å². The van der Waals surface area contributed by atoms with Gasteiger partial charge in [-0.3, -0.25) is 0 Å². The Labute approximate surface area is 79.2 Å². The van der Waals surface area contributed by atoms with Crippen molar-refractivity contribution in [2.45, 2.75) is 38.3 Å². The highest BCUT2D eigenvalue weighted by molar-refractivity contribution is 5.39. The first-order valence-corrected chi connectivity index (χ1v) is 5.12. The van der Waals surface area contributed by atoms with Crippen LogP contribution in [-0.2, 0) is 13.0 Å². The predicted octanol–water partition coefficient (Wildman–Crippen LogP) is 2.17. The van der Waals surface area contributed by atoms with Crippen LogP contribution in [0.2, 0.25) is 0 Å². The van der Waals surface area contributed by atoms with Gasteiger partial charge in [0, 0.05) is 12.1 Å². The largest absolute Gasteiger partial charge is 0.307 e. The van der Waals surface area contributed by atoms with Crippen LogP contribution >= 0.6 is 0 Å². The number of nitrogens with one attached hydrogen (secondary N) is 1. The third kappa shape index (κ3) is 1.11. The van der Waals surface area contributed by atoms with E-state index >= 15 is 0 Å². The molecular weight excluding hydrogens is 158 g/mol. The minimum Gasteiger partial charge on any atom is -0.307 e. The van der Waals surface area contributed by atoms with Gasteiger partial charge in [-0.2, -0.15) is 0 Å². The lowest BCUT2D eigenvalue weighted by molar-refractivity contribution is 0.463. The average molecular weight is 173 g/mol. The van der Waals surface area contributed by atoms with Crippen LogP contribution in [0, 0.1) is 6.92 Å². The van der Waals surface area contributed by atoms with Gasteiger partial charge in [-0.15, -0.1) is 0 Å². The highest BCUT2D eigenvalue weighted by Crippen LogP contribution is 2.42. The fraction of sp³-hybridized carbons (Fsp3) is 0.500. The van der Waals surface area contributed by atoms with E-state index in [1.54, 1.807) is 11.1 Å². The molecule has 1 heteroatoms. The summed E-state index contributed by atoms with van der Waals surface area (Å²) in [5.41, 5.74) is 5.08. The zero-order valence-electron chi connectivity index (χ0n) is 8.06. The van der Waals surface area contributed by atoms with Crippen LogP contribution < -0.4 is 5.32 Å². The first kappa shape index (κ1) is 7.57. The molecule has 1 aromatic carbocycles. The fourth-order valence-electron chi connectivity index (χ4n) is 2.39. The Hall–Kier alpha value is -0.820. The van der Waals surface area contributed by atoms with Crippen molar-refractivity contribution >= 4 is 0 Å². The molecule has 1 N–H and O–H groups in total. The Kier molecular flexibility index (Phi) is 1.37. The molecule has 1 aliphatic heterocycles. The number of aryl methyl sites for hydroxylation is 1. The van der Waals surface area contributed by atoms with Crippen LogP contribution in [0.3, 0.4) is 0 Å². The van der Waals surface area contributed by atoms with E-state index in [4.69, 9.17) is 0 Å². The lowest BCUT2D eigenvalue weighted by Crippen LogP contribution is -2.37. The molecular formula is C12H15N. The average Bonchev–Trinajstić information content (AvgIpc) is 2.85. The molecule has 1 aliphatic carbocycles. The summed E-state index contributed by atoms with van der Waals surface area (Å²) in [6.45, 7) is 3.30. The Morgan fingerprint density at radius 2 is 2.15 bits per heavy atom. The van der Waals surface area contributed by atoms with Crippen molar-refractivity contribution in [2.24, 2.45) is 0 Å². The molecule has 0 amide bonds. The standard InChI is InChI=1S/C12H15N/c1-9-3-2-4-10-7-12(5-6-12)13-8-11(9)10/h2-4,13H,5-8H2,1H3. The second-order valence-corrected chi connectivity index (χ2v) is 4.52. The summed E-state index contributed by atoms with van der Waals surface area (Å²) in [5, 5.41) is 3.67. The minimum atomic E-state index is 0.515. The van der Waals surface area contributed by atoms with E-state index in [-0.39, 0.29) is 0 Å². The summed E-state index contributed by atoms with van der Waals surface area (Å²) in [6, 6.07) is 6.70. The molecule has 2 aliphatic rings. The van der Waals surface area contributed by atoms with Crippen molar-refractivity contribution in [2.75, 3.05) is 0 Å². The van der Waals surface area contributed by atoms with Gasteiger partial charge in [-0.05, 0) is 42.9 Å². The first-order chi connectivity index (χ1) is 6.29. The summed E-state index contributed by atoms with van der Waals surface area (Å²) in [4.78, 5) is 0. The Balaban J connectivity index is 2.05. The third-order valence-electron chi connectivity index (χ3n) is 3.53. The van der Waals surface area contributed by atoms with Crippen LogP contribution in [0.4, 0.5) is 0 Å². The molecule has 1 fully saturated rings. The normalized spacial score (nSPS) is 22.8. The summed E-state index contributed by atoms with van der Waals surface area (Å²) in [7, 11) is 0. The number of hydrogen-bond acceptors (Lipinski definition) is 1. The molecule has 1 nitrogen and oxygen atoms in total. The van der Waals surface area contributed by atoms with E-state index in [0.29, 0.717) is 5.54 Å². The monoisotopic (exact) mass is 173 g/mol. The summed E-state index contributed by atoms with van der Waals surface area (Å²) >= 11 is 0. The van der Waals surface area contributed by atoms with Gasteiger partial charge < -0.3 is 5.32 Å². The molecule has 1 aromatic rings. The smallest absolute Gasteiger partial charge is 0.0226 e. The van der Waals surface area contributed by atoms with Crippen LogP contribution in [0.25, 0.3) is 0 Å². The SMILES string of the molecule is Cc1cccc2c1CNC1(CC1)C2. The first-order valence-electron chi connectivity index (χ1n) is 5.12. The molecule has 3 rings (SSSR count). The Bertz CT molecular complexity index is 350. The molecule has 68 valence electrons. The lowest BCUT2D eigenvalue weighted by atomic mass is 9.91. The summed E-state index contributed by atoms with van der Waals surface area (Å²) < 4.78 is 0. The zero-order chi connectivity index (χ0) is 8.89. The Morgan fingerprint density at radius 3 is 2.92 bits per heavy atom. The van der Waals surface area contributed by atoms with E-state index in [2.05, 4.69) is 30.4 Å². The van der Waals surface area contributed by atoms with Gasteiger partial charge in [0.25, 0.3) is 0 Å². The van der Waals surface area contributed by atoms with Crippen LogP contribution in [-0.4, -0.2) is 5.54 Å². The highest BCUT2D eigenvalue weighted by Gasteiger charge is 2.44. The Morgan fingerprint density at radius 1 is 1.31 bits per heavy atom. The van der Waals surface area contributed by atoms with E-state index in [0.717, 1.165) is 6.54 Å². The maximum Gasteiger partial charge on any atom is 0.0226 e. The zero-order valence-corrected chi connectivity index (χ0v) is 8.06. The third-order valence-corrected chi connectivity index (χ3v) is 3.53. The molecule has 1 saturated carbocycles. The molecule has 0 atom stereocenters. The van der Waals surface area contributed by atoms with E-state index in [1.807, 2.05) is 0 Å². The lowest BCUT2D eigenvalue weighted by Gasteiger charge is -2.27. The minimum absolute atomic E-state index is 0.515. The van der Waals surface area contributed by atoms with Gasteiger partial charge >= 0.3 is 0 Å². The van der Waals surface area contributed by atoms with Gasteiger partial charge in [0.05, 0.1) is 0 Å². The van der Waals surface area contributed by atoms with Crippen molar-refractivity contribution in [1.29, 1.82) is 0 Å². The maximum absolute atomic E-state index is 3.67. The van der Waals surface area contributed by atoms with Gasteiger partial charge in [-0.1, -0.05) is 18.2 Å². The number of benzene rings is 1. The van der Waals surface area contributed by atoms with Gasteiger partial charge in [0.2, 0.25) is 0 Å². The molecule has 0 unspecified atom stereocenters.